The van der Waals surface area contributed by atoms with Crippen LogP contribution in [-0.2, 0) is 39.0 Å². The van der Waals surface area contributed by atoms with Crippen molar-refractivity contribution in [3.63, 3.8) is 0 Å². The zero-order chi connectivity index (χ0) is 40.1. The standard InChI is InChI=1S/C40H45F3N2O9/c1-5-6-14-26(2)23-27(3)18-21-35(50)44-29-25-38(52,22-13-8-7-12-17-34(49)45-36-30(46)19-20-31(36)47)33(24-32(29)48)54-37(51)39(53-4,40(41,42)43)28-15-10-9-11-16-28/h7-13,15-18,21-23,25-26,33,46,52H,5-6,14,19-20,24H2,1-4H3,(H,44,50)(H,45,49)/b8-7+,17-12+,21-18+,22-13+,27-23+/t26?,33-,38+,39+/m1/s1. The van der Waals surface area contributed by atoms with Crippen LogP contribution in [-0.4, -0.2) is 64.6 Å². The Morgan fingerprint density at radius 1 is 0.981 bits per heavy atom. The summed E-state index contributed by atoms with van der Waals surface area (Å²) in [5.74, 6) is -4.59. The van der Waals surface area contributed by atoms with Crippen molar-refractivity contribution in [2.24, 2.45) is 5.92 Å². The number of alkyl halides is 3. The van der Waals surface area contributed by atoms with Gasteiger partial charge in [0.2, 0.25) is 11.8 Å². The molecule has 0 spiro atoms. The van der Waals surface area contributed by atoms with Crippen LogP contribution in [0.25, 0.3) is 0 Å². The number of Topliss-reactive ketones (excluding diaryl/α,β-unsaturated/α-hetero) is 2. The highest BCUT2D eigenvalue weighted by Crippen LogP contribution is 2.44. The molecule has 4 atom stereocenters. The highest BCUT2D eigenvalue weighted by atomic mass is 19.4. The van der Waals surface area contributed by atoms with Crippen molar-refractivity contribution in [2.45, 2.75) is 82.8 Å². The van der Waals surface area contributed by atoms with Crippen LogP contribution in [0.5, 0.6) is 0 Å². The molecule has 0 heterocycles. The largest absolute Gasteiger partial charge is 0.510 e. The first kappa shape index (κ1) is 43.1. The van der Waals surface area contributed by atoms with Crippen molar-refractivity contribution in [2.75, 3.05) is 7.11 Å². The fraction of sp³-hybridized carbons (Fsp3) is 0.375. The lowest BCUT2D eigenvalue weighted by Crippen LogP contribution is -2.56. The number of halogens is 3. The van der Waals surface area contributed by atoms with E-state index in [9.17, 15) is 47.4 Å². The lowest BCUT2D eigenvalue weighted by Gasteiger charge is -2.38. The Labute approximate surface area is 311 Å². The van der Waals surface area contributed by atoms with Crippen molar-refractivity contribution in [1.82, 2.24) is 10.6 Å². The van der Waals surface area contributed by atoms with Crippen LogP contribution in [0.4, 0.5) is 13.2 Å². The van der Waals surface area contributed by atoms with Gasteiger partial charge in [-0.1, -0.05) is 99.1 Å². The number of nitrogens with one attached hydrogen (secondary N) is 2. The van der Waals surface area contributed by atoms with Crippen molar-refractivity contribution in [3.8, 4) is 0 Å². The van der Waals surface area contributed by atoms with Gasteiger partial charge in [0.25, 0.3) is 5.60 Å². The fourth-order valence-electron chi connectivity index (χ4n) is 5.77. The average Bonchev–Trinajstić information content (AvgIpc) is 3.42. The highest BCUT2D eigenvalue weighted by molar-refractivity contribution is 6.04. The van der Waals surface area contributed by atoms with Crippen molar-refractivity contribution in [3.05, 3.63) is 119 Å². The van der Waals surface area contributed by atoms with E-state index in [2.05, 4.69) is 24.5 Å². The Kier molecular flexibility index (Phi) is 15.3. The quantitative estimate of drug-likeness (QED) is 0.0906. The second-order valence-corrected chi connectivity index (χ2v) is 12.9. The monoisotopic (exact) mass is 754 g/mol. The number of allylic oxidation sites excluding steroid dienone is 10. The second-order valence-electron chi connectivity index (χ2n) is 12.9. The van der Waals surface area contributed by atoms with Crippen LogP contribution >= 0.6 is 0 Å². The van der Waals surface area contributed by atoms with Gasteiger partial charge in [-0.25, -0.2) is 4.79 Å². The molecule has 0 radical (unpaired) electrons. The van der Waals surface area contributed by atoms with Gasteiger partial charge >= 0.3 is 12.1 Å². The summed E-state index contributed by atoms with van der Waals surface area (Å²) in [6, 6.07) is 6.00. The molecule has 0 bridgehead atoms. The predicted molar refractivity (Wildman–Crippen MR) is 193 cm³/mol. The minimum atomic E-state index is -5.34. The number of ketones is 2. The number of rotatable bonds is 16. The van der Waals surface area contributed by atoms with E-state index in [1.54, 1.807) is 6.08 Å². The van der Waals surface area contributed by atoms with Gasteiger partial charge in [-0.3, -0.25) is 19.2 Å². The molecule has 0 aliphatic heterocycles. The van der Waals surface area contributed by atoms with Gasteiger partial charge in [-0.05, 0) is 31.4 Å². The molecule has 1 unspecified atom stereocenters. The Hall–Kier alpha value is -5.34. The maximum absolute atomic E-state index is 14.6. The van der Waals surface area contributed by atoms with Crippen LogP contribution in [0.2, 0.25) is 0 Å². The van der Waals surface area contributed by atoms with Crippen molar-refractivity contribution in [1.29, 1.82) is 0 Å². The first-order valence-electron chi connectivity index (χ1n) is 17.3. The Morgan fingerprint density at radius 2 is 1.65 bits per heavy atom. The number of aliphatic hydroxyl groups is 2. The molecule has 290 valence electrons. The van der Waals surface area contributed by atoms with Gasteiger partial charge in [0.15, 0.2) is 11.6 Å². The topological polar surface area (TPSA) is 168 Å². The summed E-state index contributed by atoms with van der Waals surface area (Å²) in [5, 5.41) is 26.2. The molecule has 2 aliphatic carbocycles. The summed E-state index contributed by atoms with van der Waals surface area (Å²) in [5.41, 5.74) is -6.44. The lowest BCUT2D eigenvalue weighted by atomic mass is 9.84. The Bertz CT molecular complexity index is 1790. The maximum atomic E-state index is 14.6. The molecule has 1 aromatic rings. The molecule has 0 aromatic heterocycles. The fourth-order valence-corrected chi connectivity index (χ4v) is 5.77. The molecule has 2 amide bonds. The first-order valence-corrected chi connectivity index (χ1v) is 17.3. The van der Waals surface area contributed by atoms with Crippen LogP contribution in [0.3, 0.4) is 0 Å². The number of hydrogen-bond donors (Lipinski definition) is 4. The number of unbranched alkanes of at least 4 members (excludes halogenated alkanes) is 1. The van der Waals surface area contributed by atoms with Crippen LogP contribution < -0.4 is 10.6 Å². The third-order valence-corrected chi connectivity index (χ3v) is 8.65. The molecular weight excluding hydrogens is 709 g/mol. The van der Waals surface area contributed by atoms with Gasteiger partial charge in [0, 0.05) is 37.7 Å². The average molecular weight is 755 g/mol. The second kappa shape index (κ2) is 19.1. The van der Waals surface area contributed by atoms with Gasteiger partial charge < -0.3 is 30.3 Å². The number of hydrogen-bond acceptors (Lipinski definition) is 9. The molecule has 54 heavy (non-hydrogen) atoms. The number of amides is 2. The first-order chi connectivity index (χ1) is 25.5. The number of aliphatic hydroxyl groups excluding tert-OH is 1. The Balaban J connectivity index is 1.91. The predicted octanol–water partition coefficient (Wildman–Crippen LogP) is 5.95. The van der Waals surface area contributed by atoms with E-state index in [1.807, 2.05) is 13.0 Å². The third kappa shape index (κ3) is 11.1. The summed E-state index contributed by atoms with van der Waals surface area (Å²) in [7, 11) is 0.674. The van der Waals surface area contributed by atoms with Crippen molar-refractivity contribution >= 4 is 29.4 Å². The van der Waals surface area contributed by atoms with Crippen LogP contribution in [0.1, 0.15) is 64.9 Å². The number of benzene rings is 1. The van der Waals surface area contributed by atoms with E-state index in [-0.39, 0.29) is 30.2 Å². The molecule has 2 aliphatic rings. The SMILES string of the molecule is CCCCC(C)/C=C(C)/C=C/C(=O)NC1=C[C@@](O)(/C=C/C=C/C=C/C(=O)NC2=C(O)CCC2=O)[C@H](OC(=O)[C@@](OC)(c2ccccc2)C(F)(F)F)CC1=O. The highest BCUT2D eigenvalue weighted by Gasteiger charge is 2.65. The smallest absolute Gasteiger partial charge is 0.432 e. The minimum Gasteiger partial charge on any atom is -0.510 e. The number of esters is 1. The van der Waals surface area contributed by atoms with E-state index in [0.29, 0.717) is 7.11 Å². The summed E-state index contributed by atoms with van der Waals surface area (Å²) < 4.78 is 53.9. The normalized spacial score (nSPS) is 21.6. The molecular formula is C40H45F3N2O9. The van der Waals surface area contributed by atoms with Gasteiger partial charge in [-0.15, -0.1) is 0 Å². The molecule has 4 N–H and O–H groups in total. The molecule has 14 heteroatoms. The molecule has 0 fully saturated rings. The molecule has 11 nitrogen and oxygen atoms in total. The Morgan fingerprint density at radius 3 is 2.26 bits per heavy atom. The van der Waals surface area contributed by atoms with E-state index in [4.69, 9.17) is 9.47 Å². The zero-order valence-corrected chi connectivity index (χ0v) is 30.4. The molecule has 3 rings (SSSR count). The van der Waals surface area contributed by atoms with E-state index >= 15 is 0 Å². The van der Waals surface area contributed by atoms with Crippen LogP contribution in [0, 0.1) is 5.92 Å². The molecule has 1 aromatic carbocycles. The van der Waals surface area contributed by atoms with Crippen LogP contribution in [0.15, 0.2) is 114 Å². The van der Waals surface area contributed by atoms with Gasteiger partial charge in [0.05, 0.1) is 12.1 Å². The van der Waals surface area contributed by atoms with Gasteiger partial charge in [-0.2, -0.15) is 13.2 Å². The van der Waals surface area contributed by atoms with E-state index < -0.39 is 70.5 Å². The lowest BCUT2D eigenvalue weighted by molar-refractivity contribution is -0.280. The van der Waals surface area contributed by atoms with Crippen molar-refractivity contribution < 1.29 is 56.8 Å². The number of ether oxygens (including phenoxy) is 2. The summed E-state index contributed by atoms with van der Waals surface area (Å²) in [6.45, 7) is 5.95. The third-order valence-electron chi connectivity index (χ3n) is 8.65. The minimum absolute atomic E-state index is 0.0711. The number of methoxy groups -OCH3 is 1. The van der Waals surface area contributed by atoms with E-state index in [1.165, 1.54) is 48.6 Å². The van der Waals surface area contributed by atoms with E-state index in [0.717, 1.165) is 55.2 Å². The van der Waals surface area contributed by atoms with Gasteiger partial charge in [0.1, 0.15) is 23.2 Å². The number of carbonyl (C=O) groups is 5. The number of carbonyl (C=O) groups excluding carboxylic acids is 5. The zero-order valence-electron chi connectivity index (χ0n) is 30.4. The summed E-state index contributed by atoms with van der Waals surface area (Å²) in [6.07, 6.45) is 7.96. The summed E-state index contributed by atoms with van der Waals surface area (Å²) >= 11 is 0. The maximum Gasteiger partial charge on any atom is 0.432 e. The molecule has 0 saturated carbocycles. The summed E-state index contributed by atoms with van der Waals surface area (Å²) in [4.78, 5) is 63.5. The molecule has 0 saturated heterocycles.